The van der Waals surface area contributed by atoms with Crippen LogP contribution in [0, 0.1) is 12.7 Å². The van der Waals surface area contributed by atoms with E-state index in [1.807, 2.05) is 6.92 Å². The highest BCUT2D eigenvalue weighted by Gasteiger charge is 2.09. The summed E-state index contributed by atoms with van der Waals surface area (Å²) in [6.07, 6.45) is 3.25. The molecule has 0 saturated heterocycles. The van der Waals surface area contributed by atoms with Crippen LogP contribution in [-0.2, 0) is 0 Å². The van der Waals surface area contributed by atoms with Crippen molar-refractivity contribution in [1.29, 1.82) is 0 Å². The first-order valence-corrected chi connectivity index (χ1v) is 6.65. The van der Waals surface area contributed by atoms with Gasteiger partial charge in [0.25, 0.3) is 0 Å². The number of hydrogen-bond acceptors (Lipinski definition) is 3. The van der Waals surface area contributed by atoms with Crippen LogP contribution in [0.3, 0.4) is 0 Å². The van der Waals surface area contributed by atoms with Gasteiger partial charge in [0.2, 0.25) is 0 Å². The van der Waals surface area contributed by atoms with Crippen LogP contribution in [0.4, 0.5) is 15.8 Å². The van der Waals surface area contributed by atoms with Crippen molar-refractivity contribution in [2.75, 3.05) is 5.32 Å². The maximum absolute atomic E-state index is 13.4. The van der Waals surface area contributed by atoms with Gasteiger partial charge in [-0.05, 0) is 46.6 Å². The second kappa shape index (κ2) is 5.63. The van der Waals surface area contributed by atoms with E-state index < -0.39 is 0 Å². The molecule has 0 fully saturated rings. The van der Waals surface area contributed by atoms with Gasteiger partial charge in [-0.2, -0.15) is 0 Å². The molecule has 2 aromatic rings. The maximum atomic E-state index is 13.4. The Bertz CT molecular complexity index is 646. The van der Waals surface area contributed by atoms with Gasteiger partial charge in [0, 0.05) is 17.4 Å². The predicted octanol–water partition coefficient (Wildman–Crippen LogP) is 3.67. The maximum Gasteiger partial charge on any atom is 0.137 e. The molecule has 0 amide bonds. The van der Waals surface area contributed by atoms with E-state index in [1.54, 1.807) is 24.5 Å². The molecule has 0 unspecified atom stereocenters. The van der Waals surface area contributed by atoms with E-state index in [9.17, 15) is 4.39 Å². The summed E-state index contributed by atoms with van der Waals surface area (Å²) in [6, 6.07) is 4.85. The number of nitrogens with one attached hydrogen (secondary N) is 1. The lowest BCUT2D eigenvalue weighted by molar-refractivity contribution is 0.620. The van der Waals surface area contributed by atoms with E-state index in [0.29, 0.717) is 15.7 Å². The van der Waals surface area contributed by atoms with Gasteiger partial charge in [0.15, 0.2) is 0 Å². The second-order valence-corrected chi connectivity index (χ2v) is 5.29. The first kappa shape index (κ1) is 13.9. The monoisotopic (exact) mass is 339 g/mol. The van der Waals surface area contributed by atoms with Gasteiger partial charge >= 0.3 is 0 Å². The summed E-state index contributed by atoms with van der Waals surface area (Å²) in [4.78, 5) is 4.31. The van der Waals surface area contributed by atoms with Gasteiger partial charge in [-0.3, -0.25) is 4.98 Å². The molecule has 6 heteroatoms. The molecule has 1 aromatic carbocycles. The first-order valence-electron chi connectivity index (χ1n) is 5.45. The summed E-state index contributed by atoms with van der Waals surface area (Å²) >= 11 is 8.15. The smallest absolute Gasteiger partial charge is 0.137 e. The average Bonchev–Trinajstić information content (AvgIpc) is 2.36. The Balaban J connectivity index is 2.42. The van der Waals surface area contributed by atoms with Crippen molar-refractivity contribution in [3.63, 3.8) is 0 Å². The molecular formula is C13H11BrFN3S. The summed E-state index contributed by atoms with van der Waals surface area (Å²) in [5.74, 6) is -0.302. The number of benzene rings is 1. The highest BCUT2D eigenvalue weighted by molar-refractivity contribution is 9.10. The Hall–Kier alpha value is -1.53. The number of hydrogen-bond donors (Lipinski definition) is 2. The fourth-order valence-electron chi connectivity index (χ4n) is 1.63. The molecule has 0 bridgehead atoms. The van der Waals surface area contributed by atoms with E-state index in [0.717, 1.165) is 11.3 Å². The van der Waals surface area contributed by atoms with Crippen LogP contribution < -0.4 is 11.1 Å². The Kier molecular flexibility index (Phi) is 4.11. The van der Waals surface area contributed by atoms with Crippen LogP contribution in [0.15, 0.2) is 35.1 Å². The molecule has 0 aliphatic rings. The number of nitrogens with zero attached hydrogens (tertiary/aromatic N) is 1. The Morgan fingerprint density at radius 3 is 2.84 bits per heavy atom. The molecule has 3 N–H and O–H groups in total. The summed E-state index contributed by atoms with van der Waals surface area (Å²) < 4.78 is 13.8. The molecule has 0 radical (unpaired) electrons. The van der Waals surface area contributed by atoms with Gasteiger partial charge < -0.3 is 11.1 Å². The van der Waals surface area contributed by atoms with Gasteiger partial charge in [0.05, 0.1) is 16.4 Å². The molecule has 19 heavy (non-hydrogen) atoms. The molecular weight excluding hydrogens is 329 g/mol. The standard InChI is InChI=1S/C13H11BrFN3S/c1-7-4-10(15)9(14)5-11(7)18-12-6-17-3-2-8(12)13(16)19/h2-6,18H,1H3,(H2,16,19). The SMILES string of the molecule is Cc1cc(F)c(Br)cc1Nc1cnccc1C(N)=S. The predicted molar refractivity (Wildman–Crippen MR) is 82.2 cm³/mol. The molecule has 3 nitrogen and oxygen atoms in total. The molecule has 0 atom stereocenters. The fourth-order valence-corrected chi connectivity index (χ4v) is 2.16. The van der Waals surface area contributed by atoms with Crippen LogP contribution in [0.1, 0.15) is 11.1 Å². The minimum Gasteiger partial charge on any atom is -0.389 e. The molecule has 0 saturated carbocycles. The lowest BCUT2D eigenvalue weighted by Crippen LogP contribution is -2.12. The largest absolute Gasteiger partial charge is 0.389 e. The Morgan fingerprint density at radius 1 is 1.42 bits per heavy atom. The van der Waals surface area contributed by atoms with Crippen LogP contribution in [0.5, 0.6) is 0 Å². The van der Waals surface area contributed by atoms with Crippen molar-refractivity contribution in [1.82, 2.24) is 4.98 Å². The number of aryl methyl sites for hydroxylation is 1. The third-order valence-corrected chi connectivity index (χ3v) is 3.45. The number of thiocarbonyl (C=S) groups is 1. The molecule has 0 aliphatic carbocycles. The normalized spacial score (nSPS) is 10.3. The zero-order chi connectivity index (χ0) is 14.0. The Morgan fingerprint density at radius 2 is 2.16 bits per heavy atom. The van der Waals surface area contributed by atoms with Crippen molar-refractivity contribution < 1.29 is 4.39 Å². The number of anilines is 2. The van der Waals surface area contributed by atoms with Gasteiger partial charge in [0.1, 0.15) is 10.8 Å². The zero-order valence-electron chi connectivity index (χ0n) is 10.1. The van der Waals surface area contributed by atoms with Crippen molar-refractivity contribution in [3.8, 4) is 0 Å². The molecule has 0 spiro atoms. The molecule has 1 aromatic heterocycles. The number of rotatable bonds is 3. The Labute approximate surface area is 124 Å². The topological polar surface area (TPSA) is 50.9 Å². The van der Waals surface area contributed by atoms with E-state index in [2.05, 4.69) is 26.2 Å². The second-order valence-electron chi connectivity index (χ2n) is 3.99. The first-order chi connectivity index (χ1) is 8.99. The van der Waals surface area contributed by atoms with E-state index in [-0.39, 0.29) is 10.8 Å². The fraction of sp³-hybridized carbons (Fsp3) is 0.0769. The molecule has 2 rings (SSSR count). The third-order valence-electron chi connectivity index (χ3n) is 2.62. The number of pyridine rings is 1. The number of halogens is 2. The molecule has 0 aliphatic heterocycles. The van der Waals surface area contributed by atoms with Crippen LogP contribution in [0.25, 0.3) is 0 Å². The summed E-state index contributed by atoms with van der Waals surface area (Å²) in [7, 11) is 0. The number of nitrogens with two attached hydrogens (primary N) is 1. The van der Waals surface area contributed by atoms with Crippen LogP contribution in [0.2, 0.25) is 0 Å². The zero-order valence-corrected chi connectivity index (χ0v) is 12.5. The van der Waals surface area contributed by atoms with E-state index >= 15 is 0 Å². The third kappa shape index (κ3) is 3.08. The summed E-state index contributed by atoms with van der Waals surface area (Å²) in [5, 5.41) is 3.16. The van der Waals surface area contributed by atoms with Crippen molar-refractivity contribution in [2.24, 2.45) is 5.73 Å². The minimum atomic E-state index is -0.302. The van der Waals surface area contributed by atoms with E-state index in [4.69, 9.17) is 18.0 Å². The van der Waals surface area contributed by atoms with E-state index in [1.165, 1.54) is 6.07 Å². The lowest BCUT2D eigenvalue weighted by Gasteiger charge is -2.13. The van der Waals surface area contributed by atoms with Gasteiger partial charge in [-0.25, -0.2) is 4.39 Å². The van der Waals surface area contributed by atoms with Crippen molar-refractivity contribution in [2.45, 2.75) is 6.92 Å². The average molecular weight is 340 g/mol. The van der Waals surface area contributed by atoms with Crippen molar-refractivity contribution in [3.05, 3.63) is 52.0 Å². The molecule has 1 heterocycles. The van der Waals surface area contributed by atoms with Gasteiger partial charge in [-0.1, -0.05) is 12.2 Å². The quantitative estimate of drug-likeness (QED) is 0.837. The molecule has 98 valence electrons. The number of aromatic nitrogens is 1. The van der Waals surface area contributed by atoms with Crippen molar-refractivity contribution >= 4 is 44.5 Å². The minimum absolute atomic E-state index is 0.281. The summed E-state index contributed by atoms with van der Waals surface area (Å²) in [5.41, 5.74) is 8.58. The summed E-state index contributed by atoms with van der Waals surface area (Å²) in [6.45, 7) is 1.81. The lowest BCUT2D eigenvalue weighted by atomic mass is 10.1. The highest BCUT2D eigenvalue weighted by Crippen LogP contribution is 2.28. The van der Waals surface area contributed by atoms with Crippen LogP contribution in [-0.4, -0.2) is 9.97 Å². The van der Waals surface area contributed by atoms with Crippen LogP contribution >= 0.6 is 28.1 Å². The van der Waals surface area contributed by atoms with Gasteiger partial charge in [-0.15, -0.1) is 0 Å². The highest BCUT2D eigenvalue weighted by atomic mass is 79.9.